The molecule has 1 aromatic rings. The van der Waals surface area contributed by atoms with Gasteiger partial charge >= 0.3 is 0 Å². The maximum atomic E-state index is 12.6. The van der Waals surface area contributed by atoms with Crippen molar-refractivity contribution in [3.8, 4) is 0 Å². The van der Waals surface area contributed by atoms with Gasteiger partial charge in [0.15, 0.2) is 0 Å². The molecular formula is C18H26N4O2. The van der Waals surface area contributed by atoms with Gasteiger partial charge in [-0.1, -0.05) is 6.92 Å². The normalized spacial score (nSPS) is 19.8. The number of aryl methyl sites for hydroxylation is 1. The zero-order valence-corrected chi connectivity index (χ0v) is 14.6. The summed E-state index contributed by atoms with van der Waals surface area (Å²) in [7, 11) is 0. The standard InChI is InChI=1S/C18H26N4O2/c1-3-20-7-4-8-21(10-9-20)18(24)16-12-22(13-16)17(23)15-6-5-14(2)19-11-15/h5-6,11,16H,3-4,7-10,12-13H2,1-2H3. The molecule has 0 unspecified atom stereocenters. The van der Waals surface area contributed by atoms with Crippen LogP contribution >= 0.6 is 0 Å². The number of amides is 2. The molecule has 2 saturated heterocycles. The van der Waals surface area contributed by atoms with E-state index in [1.807, 2.05) is 17.9 Å². The zero-order chi connectivity index (χ0) is 17.1. The molecule has 0 aliphatic carbocycles. The summed E-state index contributed by atoms with van der Waals surface area (Å²) in [4.78, 5) is 35.3. The van der Waals surface area contributed by atoms with Crippen molar-refractivity contribution < 1.29 is 9.59 Å². The van der Waals surface area contributed by atoms with E-state index < -0.39 is 0 Å². The molecule has 2 aliphatic heterocycles. The van der Waals surface area contributed by atoms with E-state index in [-0.39, 0.29) is 17.7 Å². The van der Waals surface area contributed by atoms with Crippen LogP contribution in [0.1, 0.15) is 29.4 Å². The van der Waals surface area contributed by atoms with Crippen LogP contribution in [0.2, 0.25) is 0 Å². The molecule has 2 fully saturated rings. The number of likely N-dealkylation sites (N-methyl/N-ethyl adjacent to an activating group) is 1. The third-order valence-corrected chi connectivity index (χ3v) is 5.02. The van der Waals surface area contributed by atoms with Crippen LogP contribution in [0.5, 0.6) is 0 Å². The molecule has 2 aliphatic rings. The molecule has 24 heavy (non-hydrogen) atoms. The van der Waals surface area contributed by atoms with Gasteiger partial charge in [-0.3, -0.25) is 14.6 Å². The third-order valence-electron chi connectivity index (χ3n) is 5.02. The summed E-state index contributed by atoms with van der Waals surface area (Å²) in [5.74, 6) is 0.138. The Morgan fingerprint density at radius 1 is 1.12 bits per heavy atom. The highest BCUT2D eigenvalue weighted by Crippen LogP contribution is 2.21. The van der Waals surface area contributed by atoms with Gasteiger partial charge in [-0.05, 0) is 38.6 Å². The molecule has 0 aromatic carbocycles. The number of carbonyl (C=O) groups is 2. The third kappa shape index (κ3) is 3.59. The first-order valence-corrected chi connectivity index (χ1v) is 8.81. The Kier molecular flexibility index (Phi) is 5.14. The van der Waals surface area contributed by atoms with Gasteiger partial charge in [-0.25, -0.2) is 0 Å². The molecule has 130 valence electrons. The SMILES string of the molecule is CCN1CCCN(C(=O)C2CN(C(=O)c3ccc(C)nc3)C2)CC1. The molecule has 0 atom stereocenters. The molecule has 0 spiro atoms. The number of likely N-dealkylation sites (tertiary alicyclic amines) is 1. The van der Waals surface area contributed by atoms with Crippen molar-refractivity contribution in [1.29, 1.82) is 0 Å². The molecule has 3 heterocycles. The van der Waals surface area contributed by atoms with Gasteiger partial charge in [-0.2, -0.15) is 0 Å². The van der Waals surface area contributed by atoms with E-state index in [1.54, 1.807) is 17.2 Å². The fourth-order valence-corrected chi connectivity index (χ4v) is 3.34. The maximum absolute atomic E-state index is 12.6. The molecule has 2 amide bonds. The summed E-state index contributed by atoms with van der Waals surface area (Å²) in [6, 6.07) is 3.64. The van der Waals surface area contributed by atoms with E-state index in [1.165, 1.54) is 0 Å². The van der Waals surface area contributed by atoms with Gasteiger partial charge in [0.25, 0.3) is 5.91 Å². The zero-order valence-electron chi connectivity index (χ0n) is 14.6. The van der Waals surface area contributed by atoms with E-state index in [0.29, 0.717) is 18.7 Å². The average molecular weight is 330 g/mol. The van der Waals surface area contributed by atoms with Gasteiger partial charge in [0.1, 0.15) is 0 Å². The van der Waals surface area contributed by atoms with Crippen LogP contribution in [0.3, 0.4) is 0 Å². The van der Waals surface area contributed by atoms with Crippen molar-refractivity contribution in [3.63, 3.8) is 0 Å². The number of nitrogens with zero attached hydrogens (tertiary/aromatic N) is 4. The largest absolute Gasteiger partial charge is 0.341 e. The summed E-state index contributed by atoms with van der Waals surface area (Å²) < 4.78 is 0. The van der Waals surface area contributed by atoms with Gasteiger partial charge in [0.2, 0.25) is 5.91 Å². The highest BCUT2D eigenvalue weighted by atomic mass is 16.2. The van der Waals surface area contributed by atoms with Gasteiger partial charge < -0.3 is 14.7 Å². The Bertz CT molecular complexity index is 596. The second-order valence-electron chi connectivity index (χ2n) is 6.71. The molecule has 0 N–H and O–H groups in total. The second kappa shape index (κ2) is 7.30. The molecule has 0 radical (unpaired) electrons. The molecule has 3 rings (SSSR count). The van der Waals surface area contributed by atoms with Crippen molar-refractivity contribution in [2.75, 3.05) is 45.8 Å². The van der Waals surface area contributed by atoms with Crippen LogP contribution in [0.15, 0.2) is 18.3 Å². The topological polar surface area (TPSA) is 56.8 Å². The minimum atomic E-state index is -0.0412. The smallest absolute Gasteiger partial charge is 0.255 e. The summed E-state index contributed by atoms with van der Waals surface area (Å²) in [6.07, 6.45) is 2.64. The number of rotatable bonds is 3. The van der Waals surface area contributed by atoms with Crippen LogP contribution in [-0.4, -0.2) is 77.3 Å². The Hall–Kier alpha value is -1.95. The molecule has 0 bridgehead atoms. The van der Waals surface area contributed by atoms with Crippen molar-refractivity contribution in [3.05, 3.63) is 29.6 Å². The lowest BCUT2D eigenvalue weighted by molar-refractivity contribution is -0.139. The number of carbonyl (C=O) groups excluding carboxylic acids is 2. The molecule has 6 heteroatoms. The quantitative estimate of drug-likeness (QED) is 0.830. The Labute approximate surface area is 143 Å². The van der Waals surface area contributed by atoms with Crippen LogP contribution in [-0.2, 0) is 4.79 Å². The molecule has 6 nitrogen and oxygen atoms in total. The lowest BCUT2D eigenvalue weighted by Crippen LogP contribution is -2.56. The van der Waals surface area contributed by atoms with Gasteiger partial charge in [-0.15, -0.1) is 0 Å². The first kappa shape index (κ1) is 16.9. The summed E-state index contributed by atoms with van der Waals surface area (Å²) in [5.41, 5.74) is 1.49. The van der Waals surface area contributed by atoms with Crippen LogP contribution in [0, 0.1) is 12.8 Å². The molecular weight excluding hydrogens is 304 g/mol. The average Bonchev–Trinajstić information content (AvgIpc) is 2.79. The van der Waals surface area contributed by atoms with Gasteiger partial charge in [0, 0.05) is 44.6 Å². The van der Waals surface area contributed by atoms with Gasteiger partial charge in [0.05, 0.1) is 11.5 Å². The number of pyridine rings is 1. The summed E-state index contributed by atoms with van der Waals surface area (Å²) in [5, 5.41) is 0. The Morgan fingerprint density at radius 3 is 2.58 bits per heavy atom. The number of hydrogen-bond acceptors (Lipinski definition) is 4. The molecule has 1 aromatic heterocycles. The van der Waals surface area contributed by atoms with Crippen molar-refractivity contribution in [2.45, 2.75) is 20.3 Å². The van der Waals surface area contributed by atoms with E-state index in [2.05, 4.69) is 16.8 Å². The Morgan fingerprint density at radius 2 is 1.92 bits per heavy atom. The van der Waals surface area contributed by atoms with E-state index in [0.717, 1.165) is 44.8 Å². The molecule has 0 saturated carbocycles. The number of aromatic nitrogens is 1. The summed E-state index contributed by atoms with van der Waals surface area (Å²) in [6.45, 7) is 9.81. The monoisotopic (exact) mass is 330 g/mol. The van der Waals surface area contributed by atoms with E-state index in [9.17, 15) is 9.59 Å². The van der Waals surface area contributed by atoms with Crippen molar-refractivity contribution in [2.24, 2.45) is 5.92 Å². The maximum Gasteiger partial charge on any atom is 0.255 e. The van der Waals surface area contributed by atoms with Crippen molar-refractivity contribution in [1.82, 2.24) is 19.7 Å². The first-order chi connectivity index (χ1) is 11.6. The van der Waals surface area contributed by atoms with E-state index >= 15 is 0 Å². The van der Waals surface area contributed by atoms with Crippen LogP contribution in [0.4, 0.5) is 0 Å². The van der Waals surface area contributed by atoms with E-state index in [4.69, 9.17) is 0 Å². The fraction of sp³-hybridized carbons (Fsp3) is 0.611. The lowest BCUT2D eigenvalue weighted by atomic mass is 9.97. The minimum absolute atomic E-state index is 0.0282. The fourth-order valence-electron chi connectivity index (χ4n) is 3.34. The second-order valence-corrected chi connectivity index (χ2v) is 6.71. The Balaban J connectivity index is 1.51. The lowest BCUT2D eigenvalue weighted by Gasteiger charge is -2.40. The number of hydrogen-bond donors (Lipinski definition) is 0. The van der Waals surface area contributed by atoms with Crippen LogP contribution < -0.4 is 0 Å². The van der Waals surface area contributed by atoms with Crippen LogP contribution in [0.25, 0.3) is 0 Å². The first-order valence-electron chi connectivity index (χ1n) is 8.81. The minimum Gasteiger partial charge on any atom is -0.341 e. The predicted molar refractivity (Wildman–Crippen MR) is 91.7 cm³/mol. The highest BCUT2D eigenvalue weighted by Gasteiger charge is 2.38. The van der Waals surface area contributed by atoms with Crippen molar-refractivity contribution >= 4 is 11.8 Å². The highest BCUT2D eigenvalue weighted by molar-refractivity contribution is 5.95. The predicted octanol–water partition coefficient (Wildman–Crippen LogP) is 1.02. The summed E-state index contributed by atoms with van der Waals surface area (Å²) >= 11 is 0.